The van der Waals surface area contributed by atoms with Gasteiger partial charge in [0.05, 0.1) is 27.6 Å². The van der Waals surface area contributed by atoms with E-state index in [9.17, 15) is 9.59 Å². The van der Waals surface area contributed by atoms with Crippen molar-refractivity contribution in [2.45, 2.75) is 174 Å². The van der Waals surface area contributed by atoms with Gasteiger partial charge < -0.3 is 14.3 Å². The second-order valence-corrected chi connectivity index (χ2v) is 12.7. The van der Waals surface area contributed by atoms with Gasteiger partial charge in [0, 0.05) is 6.42 Å². The predicted molar refractivity (Wildman–Crippen MR) is 162 cm³/mol. The topological polar surface area (TPSA) is 63.6 Å². The number of hydrogen-bond donors (Lipinski definition) is 1. The quantitative estimate of drug-likeness (QED) is 0.0583. The first-order chi connectivity index (χ1) is 18.2. The number of carboxylic acid groups (broad SMARTS) is 1. The minimum absolute atomic E-state index is 0.124. The molecule has 226 valence electrons. The Morgan fingerprint density at radius 3 is 1.18 bits per heavy atom. The summed E-state index contributed by atoms with van der Waals surface area (Å²) in [5.74, 6) is -1.18. The molecule has 0 spiro atoms. The molecule has 0 bridgehead atoms. The molecule has 0 heterocycles. The Kier molecular flexibility index (Phi) is 25.4. The molecule has 0 saturated carbocycles. The lowest BCUT2D eigenvalue weighted by molar-refractivity contribution is -0.873. The molecule has 0 fully saturated rings. The van der Waals surface area contributed by atoms with Crippen LogP contribution in [0.3, 0.4) is 0 Å². The van der Waals surface area contributed by atoms with Crippen molar-refractivity contribution in [2.24, 2.45) is 0 Å². The van der Waals surface area contributed by atoms with Crippen molar-refractivity contribution < 1.29 is 23.9 Å². The molecule has 0 aromatic carbocycles. The molecule has 1 atom stereocenters. The van der Waals surface area contributed by atoms with Crippen molar-refractivity contribution in [3.63, 3.8) is 0 Å². The van der Waals surface area contributed by atoms with Gasteiger partial charge in [-0.2, -0.15) is 0 Å². The number of likely N-dealkylation sites (N-methyl/N-ethyl adjacent to an activating group) is 1. The Hall–Kier alpha value is -1.10. The third-order valence-electron chi connectivity index (χ3n) is 7.44. The van der Waals surface area contributed by atoms with E-state index in [0.717, 1.165) is 12.8 Å². The van der Waals surface area contributed by atoms with Crippen molar-refractivity contribution in [3.8, 4) is 0 Å². The molecule has 0 aliphatic rings. The van der Waals surface area contributed by atoms with Crippen LogP contribution in [0.2, 0.25) is 0 Å². The van der Waals surface area contributed by atoms with Crippen LogP contribution >= 0.6 is 0 Å². The first kappa shape index (κ1) is 36.9. The van der Waals surface area contributed by atoms with Gasteiger partial charge in [0.2, 0.25) is 0 Å². The fourth-order valence-corrected chi connectivity index (χ4v) is 5.25. The van der Waals surface area contributed by atoms with Gasteiger partial charge >= 0.3 is 11.9 Å². The largest absolute Gasteiger partial charge is 0.481 e. The summed E-state index contributed by atoms with van der Waals surface area (Å²) >= 11 is 0. The molecule has 1 N–H and O–H groups in total. The van der Waals surface area contributed by atoms with Crippen molar-refractivity contribution in [2.75, 3.05) is 27.7 Å². The molecule has 0 aliphatic heterocycles. The van der Waals surface area contributed by atoms with E-state index >= 15 is 0 Å². The molecule has 38 heavy (non-hydrogen) atoms. The van der Waals surface area contributed by atoms with E-state index in [4.69, 9.17) is 9.84 Å². The monoisotopic (exact) mass is 540 g/mol. The molecule has 0 rings (SSSR count). The van der Waals surface area contributed by atoms with Crippen LogP contribution in [0.1, 0.15) is 167 Å². The lowest BCUT2D eigenvalue weighted by atomic mass is 10.0. The van der Waals surface area contributed by atoms with E-state index in [1.54, 1.807) is 0 Å². The fraction of sp³-hybridized carbons (Fsp3) is 0.939. The van der Waals surface area contributed by atoms with Crippen molar-refractivity contribution >= 4 is 11.9 Å². The molecular weight excluding hydrogens is 474 g/mol. The van der Waals surface area contributed by atoms with Crippen LogP contribution in [0.4, 0.5) is 0 Å². The normalized spacial score (nSPS) is 12.5. The van der Waals surface area contributed by atoms with Crippen molar-refractivity contribution in [1.29, 1.82) is 0 Å². The van der Waals surface area contributed by atoms with E-state index in [-0.39, 0.29) is 12.4 Å². The van der Waals surface area contributed by atoms with Crippen LogP contribution in [0.25, 0.3) is 0 Å². The highest BCUT2D eigenvalue weighted by molar-refractivity contribution is 5.71. The standard InChI is InChI=1S/C33H65NO4/c1-5-6-7-8-9-10-11-12-13-14-15-16-17-18-19-20-21-22-23-24-25-26-27-28-33(37)38-31(29-32(35)36)30-34(2,3)4/h31H,5-30H2,1-4H3/p+1. The SMILES string of the molecule is CCCCCCCCCCCCCCCCCCCCCCCCCC(=O)OC(CC(=O)O)C[N+](C)(C)C. The molecular formula is C33H66NO4+. The lowest BCUT2D eigenvalue weighted by Gasteiger charge is -2.28. The summed E-state index contributed by atoms with van der Waals surface area (Å²) in [6, 6.07) is 0. The smallest absolute Gasteiger partial charge is 0.307 e. The third-order valence-corrected chi connectivity index (χ3v) is 7.44. The van der Waals surface area contributed by atoms with Crippen molar-refractivity contribution in [1.82, 2.24) is 0 Å². The van der Waals surface area contributed by atoms with Crippen molar-refractivity contribution in [3.05, 3.63) is 0 Å². The van der Waals surface area contributed by atoms with Gasteiger partial charge in [-0.1, -0.05) is 148 Å². The number of rotatable bonds is 29. The van der Waals surface area contributed by atoms with Crippen LogP contribution in [0, 0.1) is 0 Å². The number of ether oxygens (including phenoxy) is 1. The zero-order chi connectivity index (χ0) is 28.3. The molecule has 0 saturated heterocycles. The number of carbonyl (C=O) groups is 2. The predicted octanol–water partition coefficient (Wildman–Crippen LogP) is 9.46. The van der Waals surface area contributed by atoms with Gasteiger partial charge in [-0.3, -0.25) is 9.59 Å². The maximum atomic E-state index is 12.1. The average Bonchev–Trinajstić information content (AvgIpc) is 2.83. The summed E-state index contributed by atoms with van der Waals surface area (Å²) in [7, 11) is 5.93. The van der Waals surface area contributed by atoms with Gasteiger partial charge in [-0.15, -0.1) is 0 Å². The number of esters is 1. The highest BCUT2D eigenvalue weighted by atomic mass is 16.5. The van der Waals surface area contributed by atoms with Gasteiger partial charge in [0.25, 0.3) is 0 Å². The zero-order valence-corrected chi connectivity index (χ0v) is 26.1. The second-order valence-electron chi connectivity index (χ2n) is 12.7. The summed E-state index contributed by atoms with van der Waals surface area (Å²) < 4.78 is 6.03. The molecule has 0 amide bonds. The number of unbranched alkanes of at least 4 members (excludes halogenated alkanes) is 22. The minimum atomic E-state index is -0.921. The summed E-state index contributed by atoms with van der Waals surface area (Å²) in [4.78, 5) is 23.2. The number of carbonyl (C=O) groups excluding carboxylic acids is 1. The Morgan fingerprint density at radius 1 is 0.579 bits per heavy atom. The Balaban J connectivity index is 3.37. The fourth-order valence-electron chi connectivity index (χ4n) is 5.25. The number of quaternary nitrogens is 1. The molecule has 5 heteroatoms. The summed E-state index contributed by atoms with van der Waals surface area (Å²) in [5, 5.41) is 9.06. The van der Waals surface area contributed by atoms with Gasteiger partial charge in [-0.25, -0.2) is 0 Å². The molecule has 0 aromatic rings. The zero-order valence-electron chi connectivity index (χ0n) is 26.1. The number of aliphatic carboxylic acids is 1. The molecule has 0 radical (unpaired) electrons. The maximum Gasteiger partial charge on any atom is 0.307 e. The van der Waals surface area contributed by atoms with E-state index in [0.29, 0.717) is 17.4 Å². The minimum Gasteiger partial charge on any atom is -0.481 e. The first-order valence-electron chi connectivity index (χ1n) is 16.5. The maximum absolute atomic E-state index is 12.1. The van der Waals surface area contributed by atoms with Crippen LogP contribution in [-0.2, 0) is 14.3 Å². The van der Waals surface area contributed by atoms with E-state index in [1.807, 2.05) is 21.1 Å². The molecule has 0 aromatic heterocycles. The van der Waals surface area contributed by atoms with Crippen LogP contribution in [-0.4, -0.2) is 55.3 Å². The number of hydrogen-bond acceptors (Lipinski definition) is 3. The first-order valence-corrected chi connectivity index (χ1v) is 16.5. The highest BCUT2D eigenvalue weighted by Crippen LogP contribution is 2.16. The van der Waals surface area contributed by atoms with E-state index < -0.39 is 12.1 Å². The van der Waals surface area contributed by atoms with Gasteiger partial charge in [0.15, 0.2) is 6.10 Å². The Labute approximate surface area is 237 Å². The Morgan fingerprint density at radius 2 is 0.895 bits per heavy atom. The van der Waals surface area contributed by atoms with E-state index in [1.165, 1.54) is 135 Å². The molecule has 5 nitrogen and oxygen atoms in total. The lowest BCUT2D eigenvalue weighted by Crippen LogP contribution is -2.43. The van der Waals surface area contributed by atoms with E-state index in [2.05, 4.69) is 6.92 Å². The summed E-state index contributed by atoms with van der Waals surface area (Å²) in [5.41, 5.74) is 0. The van der Waals surface area contributed by atoms with Crippen LogP contribution < -0.4 is 0 Å². The average molecular weight is 541 g/mol. The summed E-state index contributed by atoms with van der Waals surface area (Å²) in [6.45, 7) is 2.80. The molecule has 1 unspecified atom stereocenters. The van der Waals surface area contributed by atoms with Gasteiger partial charge in [0.1, 0.15) is 6.54 Å². The highest BCUT2D eigenvalue weighted by Gasteiger charge is 2.24. The third kappa shape index (κ3) is 29.5. The van der Waals surface area contributed by atoms with Crippen LogP contribution in [0.5, 0.6) is 0 Å². The molecule has 0 aliphatic carbocycles. The Bertz CT molecular complexity index is 544. The second kappa shape index (κ2) is 26.1. The van der Waals surface area contributed by atoms with Crippen LogP contribution in [0.15, 0.2) is 0 Å². The summed E-state index contributed by atoms with van der Waals surface area (Å²) in [6.07, 6.45) is 30.9. The number of carboxylic acids is 1. The number of nitrogens with zero attached hydrogens (tertiary/aromatic N) is 1. The van der Waals surface area contributed by atoms with Gasteiger partial charge in [-0.05, 0) is 6.42 Å².